The molecule has 1 atom stereocenters. The number of benzene rings is 1. The minimum Gasteiger partial charge on any atom is -0.364 e. The van der Waals surface area contributed by atoms with Crippen LogP contribution in [0.1, 0.15) is 40.5 Å². The molecule has 4 rings (SSSR count). The predicted molar refractivity (Wildman–Crippen MR) is 116 cm³/mol. The van der Waals surface area contributed by atoms with Gasteiger partial charge in [0.05, 0.1) is 6.04 Å². The van der Waals surface area contributed by atoms with Crippen molar-refractivity contribution in [1.82, 2.24) is 29.4 Å². The van der Waals surface area contributed by atoms with E-state index in [0.717, 1.165) is 11.3 Å². The van der Waals surface area contributed by atoms with Crippen molar-refractivity contribution in [3.05, 3.63) is 53.1 Å². The lowest BCUT2D eigenvalue weighted by molar-refractivity contribution is -0.133. The fourth-order valence-electron chi connectivity index (χ4n) is 3.75. The van der Waals surface area contributed by atoms with Crippen LogP contribution in [0, 0.1) is 0 Å². The summed E-state index contributed by atoms with van der Waals surface area (Å²) in [6.45, 7) is 2.63. The SMILES string of the molecule is C[C@H](N)c1nc(-c2ccccc2)nn1CC(=O)N1CCc2c(c(C(N)=O)nn2C)C1.Cl. The summed E-state index contributed by atoms with van der Waals surface area (Å²) in [5.74, 6) is 0.342. The Balaban J connectivity index is 0.00000272. The lowest BCUT2D eigenvalue weighted by atomic mass is 10.0. The molecule has 0 unspecified atom stereocenters. The molecule has 164 valence electrons. The number of amides is 2. The number of fused-ring (bicyclic) bond motifs is 1. The zero-order chi connectivity index (χ0) is 21.4. The maximum Gasteiger partial charge on any atom is 0.269 e. The molecule has 3 aromatic rings. The Hall–Kier alpha value is -3.24. The fraction of sp³-hybridized carbons (Fsp3) is 0.350. The van der Waals surface area contributed by atoms with Crippen molar-refractivity contribution < 1.29 is 9.59 Å². The zero-order valence-corrected chi connectivity index (χ0v) is 18.2. The van der Waals surface area contributed by atoms with E-state index in [-0.39, 0.29) is 43.1 Å². The number of hydrogen-bond acceptors (Lipinski definition) is 6. The van der Waals surface area contributed by atoms with Gasteiger partial charge in [0.15, 0.2) is 11.5 Å². The number of aromatic nitrogens is 5. The van der Waals surface area contributed by atoms with Crippen LogP contribution in [0.15, 0.2) is 30.3 Å². The van der Waals surface area contributed by atoms with Gasteiger partial charge in [-0.05, 0) is 6.92 Å². The highest BCUT2D eigenvalue weighted by Crippen LogP contribution is 2.23. The van der Waals surface area contributed by atoms with Crippen LogP contribution in [-0.4, -0.2) is 47.8 Å². The van der Waals surface area contributed by atoms with Crippen LogP contribution in [-0.2, 0) is 31.4 Å². The molecule has 2 aromatic heterocycles. The number of nitrogens with two attached hydrogens (primary N) is 2. The summed E-state index contributed by atoms with van der Waals surface area (Å²) >= 11 is 0. The minimum absolute atomic E-state index is 0. The van der Waals surface area contributed by atoms with Gasteiger partial charge in [0, 0.05) is 43.4 Å². The molecule has 31 heavy (non-hydrogen) atoms. The highest BCUT2D eigenvalue weighted by atomic mass is 35.5. The molecule has 0 saturated heterocycles. The van der Waals surface area contributed by atoms with E-state index in [1.54, 1.807) is 21.3 Å². The molecule has 0 aliphatic carbocycles. The number of nitrogens with zero attached hydrogens (tertiary/aromatic N) is 6. The van der Waals surface area contributed by atoms with Crippen molar-refractivity contribution >= 4 is 24.2 Å². The molecule has 0 saturated carbocycles. The number of halogens is 1. The first-order valence-corrected chi connectivity index (χ1v) is 9.73. The number of carbonyl (C=O) groups excluding carboxylic acids is 2. The van der Waals surface area contributed by atoms with E-state index in [1.165, 1.54) is 0 Å². The van der Waals surface area contributed by atoms with Crippen molar-refractivity contribution in [3.63, 3.8) is 0 Å². The molecule has 1 aromatic carbocycles. The molecule has 0 fully saturated rings. The van der Waals surface area contributed by atoms with E-state index < -0.39 is 5.91 Å². The Labute approximate surface area is 185 Å². The van der Waals surface area contributed by atoms with Crippen molar-refractivity contribution in [2.24, 2.45) is 18.5 Å². The number of hydrogen-bond donors (Lipinski definition) is 2. The van der Waals surface area contributed by atoms with Crippen molar-refractivity contribution in [2.75, 3.05) is 6.54 Å². The summed E-state index contributed by atoms with van der Waals surface area (Å²) in [6.07, 6.45) is 0.602. The van der Waals surface area contributed by atoms with E-state index in [9.17, 15) is 9.59 Å². The average molecular weight is 445 g/mol. The summed E-state index contributed by atoms with van der Waals surface area (Å²) in [5.41, 5.74) is 14.2. The van der Waals surface area contributed by atoms with E-state index >= 15 is 0 Å². The third kappa shape index (κ3) is 4.30. The number of carbonyl (C=O) groups is 2. The molecule has 3 heterocycles. The molecule has 1 aliphatic rings. The smallest absolute Gasteiger partial charge is 0.269 e. The predicted octanol–water partition coefficient (Wildman–Crippen LogP) is 0.804. The lowest BCUT2D eigenvalue weighted by Gasteiger charge is -2.27. The Morgan fingerprint density at radius 2 is 1.90 bits per heavy atom. The van der Waals surface area contributed by atoms with E-state index in [0.29, 0.717) is 30.2 Å². The maximum absolute atomic E-state index is 13.0. The van der Waals surface area contributed by atoms with Gasteiger partial charge in [0.1, 0.15) is 12.4 Å². The molecule has 10 nitrogen and oxygen atoms in total. The molecule has 1 aliphatic heterocycles. The number of rotatable bonds is 5. The fourth-order valence-corrected chi connectivity index (χ4v) is 3.75. The van der Waals surface area contributed by atoms with Crippen LogP contribution in [0.3, 0.4) is 0 Å². The van der Waals surface area contributed by atoms with Gasteiger partial charge in [-0.3, -0.25) is 14.3 Å². The third-order valence-electron chi connectivity index (χ3n) is 5.25. The molecule has 0 bridgehead atoms. The normalized spacial score (nSPS) is 14.0. The first-order chi connectivity index (χ1) is 14.3. The molecule has 11 heteroatoms. The van der Waals surface area contributed by atoms with Gasteiger partial charge in [0.2, 0.25) is 5.91 Å². The Morgan fingerprint density at radius 1 is 1.19 bits per heavy atom. The summed E-state index contributed by atoms with van der Waals surface area (Å²) in [5, 5.41) is 8.72. The van der Waals surface area contributed by atoms with Gasteiger partial charge in [0.25, 0.3) is 5.91 Å². The van der Waals surface area contributed by atoms with Crippen LogP contribution in [0.2, 0.25) is 0 Å². The number of primary amides is 1. The van der Waals surface area contributed by atoms with Gasteiger partial charge in [-0.15, -0.1) is 12.4 Å². The van der Waals surface area contributed by atoms with Crippen molar-refractivity contribution in [2.45, 2.75) is 32.5 Å². The summed E-state index contributed by atoms with van der Waals surface area (Å²) < 4.78 is 3.22. The number of aryl methyl sites for hydroxylation is 1. The topological polar surface area (TPSA) is 138 Å². The second-order valence-corrected chi connectivity index (χ2v) is 7.43. The van der Waals surface area contributed by atoms with Gasteiger partial charge < -0.3 is 16.4 Å². The van der Waals surface area contributed by atoms with Gasteiger partial charge in [-0.2, -0.15) is 10.2 Å². The molecule has 4 N–H and O–H groups in total. The van der Waals surface area contributed by atoms with Crippen molar-refractivity contribution in [1.29, 1.82) is 0 Å². The third-order valence-corrected chi connectivity index (χ3v) is 5.25. The Kier molecular flexibility index (Phi) is 6.42. The van der Waals surface area contributed by atoms with Crippen LogP contribution in [0.4, 0.5) is 0 Å². The Bertz CT molecular complexity index is 1110. The highest BCUT2D eigenvalue weighted by Gasteiger charge is 2.29. The van der Waals surface area contributed by atoms with Crippen LogP contribution in [0.5, 0.6) is 0 Å². The van der Waals surface area contributed by atoms with Gasteiger partial charge in [-0.25, -0.2) is 9.67 Å². The average Bonchev–Trinajstić information content (AvgIpc) is 3.30. The largest absolute Gasteiger partial charge is 0.364 e. The van der Waals surface area contributed by atoms with Crippen LogP contribution < -0.4 is 11.5 Å². The minimum atomic E-state index is -0.593. The summed E-state index contributed by atoms with van der Waals surface area (Å²) in [7, 11) is 1.78. The zero-order valence-electron chi connectivity index (χ0n) is 17.4. The van der Waals surface area contributed by atoms with Crippen LogP contribution in [0.25, 0.3) is 11.4 Å². The quantitative estimate of drug-likeness (QED) is 0.597. The molecular formula is C20H25ClN8O2. The van der Waals surface area contributed by atoms with Gasteiger partial charge >= 0.3 is 0 Å². The summed E-state index contributed by atoms with van der Waals surface area (Å²) in [4.78, 5) is 31.0. The lowest BCUT2D eigenvalue weighted by Crippen LogP contribution is -2.39. The van der Waals surface area contributed by atoms with Crippen LogP contribution >= 0.6 is 12.4 Å². The van der Waals surface area contributed by atoms with Crippen molar-refractivity contribution in [3.8, 4) is 11.4 Å². The second-order valence-electron chi connectivity index (χ2n) is 7.43. The van der Waals surface area contributed by atoms with E-state index in [1.807, 2.05) is 37.3 Å². The summed E-state index contributed by atoms with van der Waals surface area (Å²) in [6, 6.07) is 9.17. The molecular weight excluding hydrogens is 420 g/mol. The molecule has 2 amide bonds. The first-order valence-electron chi connectivity index (χ1n) is 9.73. The first kappa shape index (κ1) is 22.4. The second kappa shape index (κ2) is 8.86. The van der Waals surface area contributed by atoms with Gasteiger partial charge in [-0.1, -0.05) is 30.3 Å². The van der Waals surface area contributed by atoms with E-state index in [2.05, 4.69) is 15.2 Å². The maximum atomic E-state index is 13.0. The molecule has 0 spiro atoms. The van der Waals surface area contributed by atoms with E-state index in [4.69, 9.17) is 11.5 Å². The standard InChI is InChI=1S/C20H24N8O2.ClH/c1-12(21)20-23-19(13-6-4-3-5-7-13)25-28(20)11-16(29)27-9-8-15-14(10-27)17(18(22)30)24-26(15)2;/h3-7,12H,8-11,21H2,1-2H3,(H2,22,30);1H/t12-;/m0./s1. The molecule has 0 radical (unpaired) electrons. The highest BCUT2D eigenvalue weighted by molar-refractivity contribution is 5.92. The Morgan fingerprint density at radius 3 is 2.55 bits per heavy atom. The monoisotopic (exact) mass is 444 g/mol.